The van der Waals surface area contributed by atoms with Gasteiger partial charge in [-0.3, -0.25) is 0 Å². The average Bonchev–Trinajstić information content (AvgIpc) is 2.72. The van der Waals surface area contributed by atoms with Crippen LogP contribution < -0.4 is 0 Å². The second-order valence-corrected chi connectivity index (χ2v) is 4.62. The highest BCUT2D eigenvalue weighted by molar-refractivity contribution is 6.18. The maximum Gasteiger partial charge on any atom is 0.129 e. The predicted molar refractivity (Wildman–Crippen MR) is 58.7 cm³/mol. The van der Waals surface area contributed by atoms with Gasteiger partial charge in [-0.25, -0.2) is 8.78 Å². The summed E-state index contributed by atoms with van der Waals surface area (Å²) in [7, 11) is 0. The molecule has 1 aliphatic rings. The van der Waals surface area contributed by atoms with E-state index in [1.165, 1.54) is 12.1 Å². The van der Waals surface area contributed by atoms with Crippen LogP contribution in [0.2, 0.25) is 0 Å². The zero-order valence-electron chi connectivity index (χ0n) is 8.81. The Balaban J connectivity index is 2.19. The summed E-state index contributed by atoms with van der Waals surface area (Å²) in [6.07, 6.45) is 1.33. The van der Waals surface area contributed by atoms with Crippen molar-refractivity contribution in [1.29, 1.82) is 0 Å². The molecule has 1 aromatic rings. The van der Waals surface area contributed by atoms with Gasteiger partial charge in [0.2, 0.25) is 0 Å². The van der Waals surface area contributed by atoms with E-state index < -0.39 is 11.6 Å². The molecule has 1 saturated heterocycles. The Kier molecular flexibility index (Phi) is 3.45. The van der Waals surface area contributed by atoms with Gasteiger partial charge >= 0.3 is 0 Å². The maximum absolute atomic E-state index is 13.5. The fraction of sp³-hybridized carbons (Fsp3) is 0.500. The highest BCUT2D eigenvalue weighted by Crippen LogP contribution is 2.34. The van der Waals surface area contributed by atoms with Crippen molar-refractivity contribution in [3.63, 3.8) is 0 Å². The van der Waals surface area contributed by atoms with E-state index in [4.69, 9.17) is 16.3 Å². The number of hydrogen-bond acceptors (Lipinski definition) is 1. The van der Waals surface area contributed by atoms with Crippen LogP contribution in [0.1, 0.15) is 12.0 Å². The summed E-state index contributed by atoms with van der Waals surface area (Å²) in [5, 5.41) is 0. The number of ether oxygens (including phenoxy) is 1. The van der Waals surface area contributed by atoms with Crippen LogP contribution >= 0.6 is 11.6 Å². The molecule has 1 heterocycles. The third kappa shape index (κ3) is 2.36. The number of benzene rings is 1. The highest BCUT2D eigenvalue weighted by Gasteiger charge is 2.34. The third-order valence-electron chi connectivity index (χ3n) is 3.05. The van der Waals surface area contributed by atoms with Gasteiger partial charge < -0.3 is 4.74 Å². The van der Waals surface area contributed by atoms with Crippen LogP contribution in [0.4, 0.5) is 8.78 Å². The van der Waals surface area contributed by atoms with Crippen molar-refractivity contribution in [2.24, 2.45) is 5.41 Å². The summed E-state index contributed by atoms with van der Waals surface area (Å²) in [4.78, 5) is 0. The molecular weight excluding hydrogens is 234 g/mol. The van der Waals surface area contributed by atoms with E-state index in [1.54, 1.807) is 0 Å². The molecule has 0 bridgehead atoms. The molecule has 1 aliphatic heterocycles. The summed E-state index contributed by atoms with van der Waals surface area (Å²) in [6.45, 7) is 1.21. The molecule has 1 nitrogen and oxygen atoms in total. The van der Waals surface area contributed by atoms with Crippen LogP contribution in [0.5, 0.6) is 0 Å². The maximum atomic E-state index is 13.5. The van der Waals surface area contributed by atoms with E-state index in [-0.39, 0.29) is 5.41 Å². The Morgan fingerprint density at radius 2 is 2.19 bits per heavy atom. The molecule has 88 valence electrons. The lowest BCUT2D eigenvalue weighted by molar-refractivity contribution is 0.160. The fourth-order valence-corrected chi connectivity index (χ4v) is 2.32. The molecule has 1 aromatic carbocycles. The summed E-state index contributed by atoms with van der Waals surface area (Å²) in [6, 6.07) is 3.67. The first kappa shape index (κ1) is 11.8. The first-order valence-corrected chi connectivity index (χ1v) is 5.76. The quantitative estimate of drug-likeness (QED) is 0.745. The predicted octanol–water partition coefficient (Wildman–Crippen LogP) is 3.15. The SMILES string of the molecule is Fc1ccc(CC2(CCl)CCOC2)c(F)c1. The zero-order valence-corrected chi connectivity index (χ0v) is 9.57. The molecule has 0 radical (unpaired) electrons. The summed E-state index contributed by atoms with van der Waals surface area (Å²) in [5.41, 5.74) is 0.313. The van der Waals surface area contributed by atoms with Gasteiger partial charge in [0.05, 0.1) is 6.61 Å². The van der Waals surface area contributed by atoms with Gasteiger partial charge in [-0.2, -0.15) is 0 Å². The van der Waals surface area contributed by atoms with Crippen molar-refractivity contribution in [2.45, 2.75) is 12.8 Å². The molecule has 0 aromatic heterocycles. The summed E-state index contributed by atoms with van der Waals surface area (Å²) in [5.74, 6) is -0.621. The van der Waals surface area contributed by atoms with E-state index in [9.17, 15) is 8.78 Å². The van der Waals surface area contributed by atoms with Crippen LogP contribution in [-0.2, 0) is 11.2 Å². The van der Waals surface area contributed by atoms with Crippen molar-refractivity contribution in [2.75, 3.05) is 19.1 Å². The zero-order chi connectivity index (χ0) is 11.6. The number of halogens is 3. The van der Waals surface area contributed by atoms with E-state index in [2.05, 4.69) is 0 Å². The van der Waals surface area contributed by atoms with E-state index in [1.807, 2.05) is 0 Å². The van der Waals surface area contributed by atoms with Crippen molar-refractivity contribution in [3.8, 4) is 0 Å². The average molecular weight is 247 g/mol. The number of hydrogen-bond donors (Lipinski definition) is 0. The van der Waals surface area contributed by atoms with Crippen LogP contribution in [0.3, 0.4) is 0 Å². The van der Waals surface area contributed by atoms with Crippen LogP contribution in [0.25, 0.3) is 0 Å². The van der Waals surface area contributed by atoms with Crippen LogP contribution in [0, 0.1) is 17.0 Å². The molecule has 1 unspecified atom stereocenters. The van der Waals surface area contributed by atoms with Crippen LogP contribution in [-0.4, -0.2) is 19.1 Å². The smallest absolute Gasteiger partial charge is 0.129 e. The molecule has 4 heteroatoms. The first-order chi connectivity index (χ1) is 7.65. The molecule has 16 heavy (non-hydrogen) atoms. The number of rotatable bonds is 3. The third-order valence-corrected chi connectivity index (χ3v) is 3.62. The topological polar surface area (TPSA) is 9.23 Å². The Morgan fingerprint density at radius 3 is 2.75 bits per heavy atom. The molecule has 0 spiro atoms. The lowest BCUT2D eigenvalue weighted by Gasteiger charge is -2.24. The Hall–Kier alpha value is -0.670. The monoisotopic (exact) mass is 246 g/mol. The Labute approximate surface area is 98.4 Å². The molecule has 1 atom stereocenters. The minimum Gasteiger partial charge on any atom is -0.381 e. The highest BCUT2D eigenvalue weighted by atomic mass is 35.5. The van der Waals surface area contributed by atoms with E-state index in [0.717, 1.165) is 12.5 Å². The lowest BCUT2D eigenvalue weighted by atomic mass is 9.83. The second-order valence-electron chi connectivity index (χ2n) is 4.35. The molecule has 0 aliphatic carbocycles. The molecule has 0 N–H and O–H groups in total. The molecular formula is C12H13ClF2O. The van der Waals surface area contributed by atoms with Gasteiger partial charge in [-0.15, -0.1) is 11.6 Å². The largest absolute Gasteiger partial charge is 0.381 e. The van der Waals surface area contributed by atoms with Crippen molar-refractivity contribution < 1.29 is 13.5 Å². The minimum atomic E-state index is -0.552. The van der Waals surface area contributed by atoms with E-state index >= 15 is 0 Å². The van der Waals surface area contributed by atoms with Gasteiger partial charge in [0.25, 0.3) is 0 Å². The number of alkyl halides is 1. The van der Waals surface area contributed by atoms with Gasteiger partial charge in [-0.05, 0) is 24.5 Å². The van der Waals surface area contributed by atoms with Gasteiger partial charge in [0, 0.05) is 24.0 Å². The lowest BCUT2D eigenvalue weighted by Crippen LogP contribution is -2.26. The van der Waals surface area contributed by atoms with Gasteiger partial charge in [-0.1, -0.05) is 6.07 Å². The van der Waals surface area contributed by atoms with Gasteiger partial charge in [0.1, 0.15) is 11.6 Å². The van der Waals surface area contributed by atoms with Gasteiger partial charge in [0.15, 0.2) is 0 Å². The van der Waals surface area contributed by atoms with Crippen molar-refractivity contribution >= 4 is 11.6 Å². The Bertz CT molecular complexity index is 375. The Morgan fingerprint density at radius 1 is 1.38 bits per heavy atom. The first-order valence-electron chi connectivity index (χ1n) is 5.23. The molecule has 0 saturated carbocycles. The minimum absolute atomic E-state index is 0.194. The molecule has 0 amide bonds. The van der Waals surface area contributed by atoms with Crippen molar-refractivity contribution in [3.05, 3.63) is 35.4 Å². The summed E-state index contributed by atoms with van der Waals surface area (Å²) >= 11 is 5.92. The molecule has 2 rings (SSSR count). The van der Waals surface area contributed by atoms with Crippen LogP contribution in [0.15, 0.2) is 18.2 Å². The normalized spacial score (nSPS) is 24.9. The summed E-state index contributed by atoms with van der Waals surface area (Å²) < 4.78 is 31.5. The van der Waals surface area contributed by atoms with Crippen molar-refractivity contribution in [1.82, 2.24) is 0 Å². The second kappa shape index (κ2) is 4.68. The van der Waals surface area contributed by atoms with E-state index in [0.29, 0.717) is 31.1 Å². The molecule has 1 fully saturated rings. The fourth-order valence-electron chi connectivity index (χ4n) is 2.01. The standard InChI is InChI=1S/C12H13ClF2O/c13-7-12(3-4-16-8-12)6-9-1-2-10(14)5-11(9)15/h1-2,5H,3-4,6-8H2.